The highest BCUT2D eigenvalue weighted by Gasteiger charge is 2.12. The number of nitrogens with zero attached hydrogens (tertiary/aromatic N) is 1. The number of thioether (sulfide) groups is 1. The van der Waals surface area contributed by atoms with E-state index in [1.54, 1.807) is 18.0 Å². The van der Waals surface area contributed by atoms with Crippen LogP contribution in [0.2, 0.25) is 5.02 Å². The van der Waals surface area contributed by atoms with Gasteiger partial charge in [-0.3, -0.25) is 0 Å². The lowest BCUT2D eigenvalue weighted by molar-refractivity contribution is 0.605. The van der Waals surface area contributed by atoms with Crippen molar-refractivity contribution in [3.63, 3.8) is 0 Å². The molecule has 1 heterocycles. The minimum absolute atomic E-state index is 0.309. The first-order chi connectivity index (χ1) is 10.2. The predicted octanol–water partition coefficient (Wildman–Crippen LogP) is 4.74. The molecule has 0 saturated carbocycles. The van der Waals surface area contributed by atoms with Crippen molar-refractivity contribution in [2.75, 3.05) is 12.3 Å². The van der Waals surface area contributed by atoms with Crippen LogP contribution in [0.1, 0.15) is 31.0 Å². The Morgan fingerprint density at radius 3 is 2.57 bits per heavy atom. The van der Waals surface area contributed by atoms with Crippen LogP contribution in [0.3, 0.4) is 0 Å². The van der Waals surface area contributed by atoms with E-state index < -0.39 is 0 Å². The highest BCUT2D eigenvalue weighted by atomic mass is 35.5. The van der Waals surface area contributed by atoms with Gasteiger partial charge in [-0.2, -0.15) is 0 Å². The van der Waals surface area contributed by atoms with Gasteiger partial charge in [-0.25, -0.2) is 4.98 Å². The molecular weight excluding hydrogens is 300 g/mol. The molecule has 0 aliphatic heterocycles. The summed E-state index contributed by atoms with van der Waals surface area (Å²) in [4.78, 5) is 4.33. The zero-order valence-corrected chi connectivity index (χ0v) is 14.0. The average Bonchev–Trinajstić information content (AvgIpc) is 2.53. The summed E-state index contributed by atoms with van der Waals surface area (Å²) < 4.78 is 0. The third kappa shape index (κ3) is 4.73. The van der Waals surface area contributed by atoms with Crippen molar-refractivity contribution in [3.8, 4) is 0 Å². The van der Waals surface area contributed by atoms with Crippen molar-refractivity contribution in [1.82, 2.24) is 10.3 Å². The van der Waals surface area contributed by atoms with Crippen LogP contribution in [0.25, 0.3) is 0 Å². The van der Waals surface area contributed by atoms with Gasteiger partial charge in [-0.05, 0) is 36.2 Å². The molecule has 0 aliphatic carbocycles. The molecule has 4 heteroatoms. The minimum atomic E-state index is 0.309. The first-order valence-corrected chi connectivity index (χ1v) is 8.66. The molecule has 2 nitrogen and oxygen atoms in total. The van der Waals surface area contributed by atoms with Gasteiger partial charge in [0.1, 0.15) is 5.03 Å². The predicted molar refractivity (Wildman–Crippen MR) is 92.2 cm³/mol. The van der Waals surface area contributed by atoms with Gasteiger partial charge < -0.3 is 5.32 Å². The summed E-state index contributed by atoms with van der Waals surface area (Å²) >= 11 is 7.86. The molecule has 112 valence electrons. The number of pyridine rings is 1. The van der Waals surface area contributed by atoms with Gasteiger partial charge in [-0.1, -0.05) is 49.7 Å². The molecule has 0 aliphatic rings. The van der Waals surface area contributed by atoms with E-state index in [4.69, 9.17) is 11.6 Å². The second-order valence-corrected chi connectivity index (χ2v) is 6.22. The van der Waals surface area contributed by atoms with Crippen LogP contribution < -0.4 is 5.32 Å². The Morgan fingerprint density at radius 1 is 1.19 bits per heavy atom. The summed E-state index contributed by atoms with van der Waals surface area (Å²) in [5.41, 5.74) is 2.68. The number of hydrogen-bond donors (Lipinski definition) is 1. The molecule has 1 unspecified atom stereocenters. The lowest BCUT2D eigenvalue weighted by Gasteiger charge is -2.18. The van der Waals surface area contributed by atoms with Crippen LogP contribution in [0.4, 0.5) is 0 Å². The summed E-state index contributed by atoms with van der Waals surface area (Å²) in [6.07, 6.45) is 2.86. The van der Waals surface area contributed by atoms with Crippen molar-refractivity contribution in [1.29, 1.82) is 0 Å². The number of halogens is 1. The van der Waals surface area contributed by atoms with Gasteiger partial charge in [0.15, 0.2) is 0 Å². The van der Waals surface area contributed by atoms with Gasteiger partial charge in [0.25, 0.3) is 0 Å². The Hall–Kier alpha value is -1.03. The third-order valence-electron chi connectivity index (χ3n) is 3.35. The van der Waals surface area contributed by atoms with E-state index in [1.807, 2.05) is 12.1 Å². The molecule has 2 aromatic rings. The second-order valence-electron chi connectivity index (χ2n) is 4.81. The molecular formula is C17H21ClN2S. The Morgan fingerprint density at radius 2 is 1.95 bits per heavy atom. The largest absolute Gasteiger partial charge is 0.309 e. The fraction of sp³-hybridized carbons (Fsp3) is 0.353. The van der Waals surface area contributed by atoms with Gasteiger partial charge in [0, 0.05) is 18.0 Å². The lowest BCUT2D eigenvalue weighted by Crippen LogP contribution is -2.23. The Balaban J connectivity index is 2.06. The first kappa shape index (κ1) is 16.3. The minimum Gasteiger partial charge on any atom is -0.309 e. The van der Waals surface area contributed by atoms with Crippen LogP contribution in [-0.2, 0) is 6.42 Å². The van der Waals surface area contributed by atoms with Crippen LogP contribution in [0.15, 0.2) is 47.6 Å². The van der Waals surface area contributed by atoms with E-state index in [1.165, 1.54) is 11.1 Å². The normalized spacial score (nSPS) is 12.3. The number of benzene rings is 1. The topological polar surface area (TPSA) is 24.9 Å². The van der Waals surface area contributed by atoms with Crippen LogP contribution in [-0.4, -0.2) is 17.3 Å². The quantitative estimate of drug-likeness (QED) is 0.746. The molecule has 1 aromatic carbocycles. The first-order valence-electron chi connectivity index (χ1n) is 7.30. The number of hydrogen-bond acceptors (Lipinski definition) is 3. The highest BCUT2D eigenvalue weighted by Crippen LogP contribution is 2.28. The fourth-order valence-electron chi connectivity index (χ4n) is 2.14. The van der Waals surface area contributed by atoms with E-state index >= 15 is 0 Å². The van der Waals surface area contributed by atoms with Crippen molar-refractivity contribution in [2.24, 2.45) is 0 Å². The zero-order chi connectivity index (χ0) is 15.1. The van der Waals surface area contributed by atoms with E-state index in [2.05, 4.69) is 48.4 Å². The van der Waals surface area contributed by atoms with Crippen molar-refractivity contribution in [2.45, 2.75) is 31.3 Å². The Labute approximate surface area is 136 Å². The Kier molecular flexibility index (Phi) is 6.55. The molecule has 21 heavy (non-hydrogen) atoms. The van der Waals surface area contributed by atoms with Crippen LogP contribution in [0.5, 0.6) is 0 Å². The summed E-state index contributed by atoms with van der Waals surface area (Å²) in [5.74, 6) is 0.913. The smallest absolute Gasteiger partial charge is 0.115 e. The molecule has 1 aromatic heterocycles. The summed E-state index contributed by atoms with van der Waals surface area (Å²) in [6.45, 7) is 5.25. The molecule has 0 fully saturated rings. The highest BCUT2D eigenvalue weighted by molar-refractivity contribution is 7.99. The van der Waals surface area contributed by atoms with E-state index in [0.717, 1.165) is 28.8 Å². The molecule has 1 N–H and O–H groups in total. The molecule has 0 radical (unpaired) electrons. The number of aryl methyl sites for hydroxylation is 1. The second kappa shape index (κ2) is 8.42. The summed E-state index contributed by atoms with van der Waals surface area (Å²) in [5, 5.41) is 5.15. The van der Waals surface area contributed by atoms with E-state index in [0.29, 0.717) is 6.04 Å². The number of aromatic nitrogens is 1. The van der Waals surface area contributed by atoms with Crippen molar-refractivity contribution < 1.29 is 0 Å². The molecule has 0 amide bonds. The number of nitrogens with one attached hydrogen (secondary N) is 1. The average molecular weight is 321 g/mol. The maximum Gasteiger partial charge on any atom is 0.115 e. The summed E-state index contributed by atoms with van der Waals surface area (Å²) in [7, 11) is 0. The number of rotatable bonds is 7. The molecule has 0 bridgehead atoms. The zero-order valence-electron chi connectivity index (χ0n) is 12.5. The van der Waals surface area contributed by atoms with Gasteiger partial charge >= 0.3 is 0 Å². The van der Waals surface area contributed by atoms with E-state index in [-0.39, 0.29) is 0 Å². The maximum atomic E-state index is 6.17. The molecule has 2 rings (SSSR count). The van der Waals surface area contributed by atoms with Crippen LogP contribution in [0, 0.1) is 0 Å². The Bertz CT molecular complexity index is 557. The van der Waals surface area contributed by atoms with Gasteiger partial charge in [0.05, 0.1) is 5.02 Å². The summed E-state index contributed by atoms with van der Waals surface area (Å²) in [6, 6.07) is 12.9. The van der Waals surface area contributed by atoms with Crippen molar-refractivity contribution >= 4 is 23.4 Å². The standard InChI is InChI=1S/C17H21ClN2S/c1-3-13-7-9-14(10-8-13)16(19-4-2)12-21-17-15(18)6-5-11-20-17/h5-11,16,19H,3-4,12H2,1-2H3. The molecule has 0 saturated heterocycles. The fourth-order valence-corrected chi connectivity index (χ4v) is 3.41. The van der Waals surface area contributed by atoms with E-state index in [9.17, 15) is 0 Å². The monoisotopic (exact) mass is 320 g/mol. The third-order valence-corrected chi connectivity index (χ3v) is 4.87. The molecule has 0 spiro atoms. The van der Waals surface area contributed by atoms with Gasteiger partial charge in [0.2, 0.25) is 0 Å². The lowest BCUT2D eigenvalue weighted by atomic mass is 10.1. The van der Waals surface area contributed by atoms with Crippen LogP contribution >= 0.6 is 23.4 Å². The molecule has 1 atom stereocenters. The SMILES string of the molecule is CCNC(CSc1ncccc1Cl)c1ccc(CC)cc1. The van der Waals surface area contributed by atoms with Crippen molar-refractivity contribution in [3.05, 3.63) is 58.7 Å². The maximum absolute atomic E-state index is 6.17. The van der Waals surface area contributed by atoms with Gasteiger partial charge in [-0.15, -0.1) is 11.8 Å².